The van der Waals surface area contributed by atoms with Crippen LogP contribution in [0.25, 0.3) is 0 Å². The lowest BCUT2D eigenvalue weighted by Crippen LogP contribution is -2.31. The first kappa shape index (κ1) is 14.7. The molecule has 0 aliphatic carbocycles. The van der Waals surface area contributed by atoms with Gasteiger partial charge in [0.15, 0.2) is 6.10 Å². The average molecular weight is 279 g/mol. The van der Waals surface area contributed by atoms with Crippen LogP contribution < -0.4 is 9.64 Å². The van der Waals surface area contributed by atoms with Crippen molar-refractivity contribution in [3.63, 3.8) is 0 Å². The molecule has 1 heterocycles. The quantitative estimate of drug-likeness (QED) is 0.853. The molecule has 5 heteroatoms. The highest BCUT2D eigenvalue weighted by Gasteiger charge is 2.25. The zero-order valence-electron chi connectivity index (χ0n) is 12.0. The number of ether oxygens (including phenoxy) is 2. The Hall–Kier alpha value is -1.75. The molecule has 0 radical (unpaired) electrons. The zero-order valence-corrected chi connectivity index (χ0v) is 12.0. The van der Waals surface area contributed by atoms with Gasteiger partial charge in [-0.05, 0) is 37.5 Å². The number of hydrogen-bond acceptors (Lipinski definition) is 5. The molecular formula is C15H21NO4. The number of carbonyl (C=O) groups is 1. The van der Waals surface area contributed by atoms with Crippen LogP contribution in [0, 0.1) is 0 Å². The molecule has 0 bridgehead atoms. The smallest absolute Gasteiger partial charge is 0.339 e. The Labute approximate surface area is 119 Å². The van der Waals surface area contributed by atoms with E-state index >= 15 is 0 Å². The molecule has 1 N–H and O–H groups in total. The van der Waals surface area contributed by atoms with E-state index in [2.05, 4.69) is 9.64 Å². The van der Waals surface area contributed by atoms with Crippen molar-refractivity contribution in [2.75, 3.05) is 32.2 Å². The summed E-state index contributed by atoms with van der Waals surface area (Å²) < 4.78 is 9.81. The molecule has 1 aliphatic rings. The van der Waals surface area contributed by atoms with Crippen LogP contribution in [-0.2, 0) is 9.53 Å². The van der Waals surface area contributed by atoms with Crippen LogP contribution in [0.3, 0.4) is 0 Å². The van der Waals surface area contributed by atoms with Gasteiger partial charge < -0.3 is 19.5 Å². The highest BCUT2D eigenvalue weighted by molar-refractivity contribution is 5.79. The van der Waals surface area contributed by atoms with Crippen molar-refractivity contribution in [2.24, 2.45) is 0 Å². The minimum Gasteiger partial charge on any atom is -0.497 e. The van der Waals surface area contributed by atoms with Crippen LogP contribution in [0.1, 0.15) is 30.9 Å². The molecule has 20 heavy (non-hydrogen) atoms. The normalized spacial score (nSPS) is 16.6. The van der Waals surface area contributed by atoms with E-state index in [1.54, 1.807) is 13.2 Å². The maximum Gasteiger partial charge on any atom is 0.339 e. The summed E-state index contributed by atoms with van der Waals surface area (Å²) in [4.78, 5) is 13.8. The number of aliphatic hydroxyl groups is 1. The van der Waals surface area contributed by atoms with E-state index in [1.807, 2.05) is 12.1 Å². The number of nitrogens with zero attached hydrogens (tertiary/aromatic N) is 1. The third-order valence-corrected chi connectivity index (χ3v) is 3.65. The molecular weight excluding hydrogens is 258 g/mol. The Morgan fingerprint density at radius 2 is 1.95 bits per heavy atom. The summed E-state index contributed by atoms with van der Waals surface area (Å²) in [6, 6.07) is 5.44. The Kier molecular flexibility index (Phi) is 4.84. The van der Waals surface area contributed by atoms with Crippen molar-refractivity contribution >= 4 is 11.7 Å². The van der Waals surface area contributed by atoms with Crippen molar-refractivity contribution in [1.29, 1.82) is 0 Å². The van der Waals surface area contributed by atoms with Gasteiger partial charge in [0.2, 0.25) is 0 Å². The molecule has 5 nitrogen and oxygen atoms in total. The molecule has 1 aliphatic heterocycles. The fraction of sp³-hybridized carbons (Fsp3) is 0.533. The predicted octanol–water partition coefficient (Wildman–Crippen LogP) is 1.89. The van der Waals surface area contributed by atoms with Gasteiger partial charge in [-0.1, -0.05) is 0 Å². The van der Waals surface area contributed by atoms with E-state index in [4.69, 9.17) is 4.74 Å². The molecule has 2 rings (SSSR count). The van der Waals surface area contributed by atoms with Gasteiger partial charge in [0.05, 0.1) is 14.2 Å². The summed E-state index contributed by atoms with van der Waals surface area (Å²) >= 11 is 0. The second kappa shape index (κ2) is 6.61. The molecule has 0 aromatic heterocycles. The van der Waals surface area contributed by atoms with Gasteiger partial charge >= 0.3 is 5.97 Å². The summed E-state index contributed by atoms with van der Waals surface area (Å²) in [6.07, 6.45) is 2.19. The second-order valence-electron chi connectivity index (χ2n) is 4.90. The third-order valence-electron chi connectivity index (χ3n) is 3.65. The second-order valence-corrected chi connectivity index (χ2v) is 4.90. The highest BCUT2D eigenvalue weighted by Crippen LogP contribution is 2.32. The average Bonchev–Trinajstić information content (AvgIpc) is 2.53. The lowest BCUT2D eigenvalue weighted by atomic mass is 10.0. The lowest BCUT2D eigenvalue weighted by Gasteiger charge is -2.31. The van der Waals surface area contributed by atoms with Crippen molar-refractivity contribution < 1.29 is 19.4 Å². The van der Waals surface area contributed by atoms with Crippen molar-refractivity contribution in [1.82, 2.24) is 0 Å². The van der Waals surface area contributed by atoms with Crippen molar-refractivity contribution in [2.45, 2.75) is 25.4 Å². The highest BCUT2D eigenvalue weighted by atomic mass is 16.5. The fourth-order valence-corrected chi connectivity index (χ4v) is 2.54. The summed E-state index contributed by atoms with van der Waals surface area (Å²) in [5.74, 6) is -0.0415. The van der Waals surface area contributed by atoms with E-state index in [0.29, 0.717) is 11.3 Å². The monoisotopic (exact) mass is 279 g/mol. The van der Waals surface area contributed by atoms with Gasteiger partial charge in [0, 0.05) is 24.3 Å². The minimum absolute atomic E-state index is 0.540. The van der Waals surface area contributed by atoms with E-state index in [-0.39, 0.29) is 0 Å². The maximum atomic E-state index is 11.6. The number of anilines is 1. The largest absolute Gasteiger partial charge is 0.497 e. The van der Waals surface area contributed by atoms with Crippen LogP contribution in [0.15, 0.2) is 18.2 Å². The Balaban J connectivity index is 2.36. The van der Waals surface area contributed by atoms with Crippen LogP contribution in [0.2, 0.25) is 0 Å². The summed E-state index contributed by atoms with van der Waals surface area (Å²) in [6.45, 7) is 1.88. The van der Waals surface area contributed by atoms with Crippen molar-refractivity contribution in [3.05, 3.63) is 23.8 Å². The number of piperidine rings is 1. The Bertz CT molecular complexity index is 469. The Morgan fingerprint density at radius 3 is 2.55 bits per heavy atom. The molecule has 1 unspecified atom stereocenters. The number of benzene rings is 1. The zero-order chi connectivity index (χ0) is 14.5. The molecule has 110 valence electrons. The summed E-state index contributed by atoms with van der Waals surface area (Å²) in [5, 5.41) is 10.2. The standard InChI is InChI=1S/C15H21NO4/c1-19-11-6-7-13(16-8-4-3-5-9-16)12(10-11)14(17)15(18)20-2/h6-7,10,14,17H,3-5,8-9H2,1-2H3. The topological polar surface area (TPSA) is 59.0 Å². The van der Waals surface area contributed by atoms with Gasteiger partial charge in [0.25, 0.3) is 0 Å². The molecule has 1 atom stereocenters. The maximum absolute atomic E-state index is 11.6. The first-order valence-electron chi connectivity index (χ1n) is 6.86. The van der Waals surface area contributed by atoms with Crippen LogP contribution >= 0.6 is 0 Å². The number of hydrogen-bond donors (Lipinski definition) is 1. The molecule has 0 spiro atoms. The van der Waals surface area contributed by atoms with E-state index in [0.717, 1.165) is 31.6 Å². The molecule has 1 saturated heterocycles. The van der Waals surface area contributed by atoms with Crippen LogP contribution in [0.5, 0.6) is 5.75 Å². The fourth-order valence-electron chi connectivity index (χ4n) is 2.54. The first-order chi connectivity index (χ1) is 9.67. The number of aliphatic hydroxyl groups excluding tert-OH is 1. The molecule has 0 amide bonds. The number of carbonyl (C=O) groups excluding carboxylic acids is 1. The predicted molar refractivity (Wildman–Crippen MR) is 76.0 cm³/mol. The van der Waals surface area contributed by atoms with Crippen molar-refractivity contribution in [3.8, 4) is 5.75 Å². The molecule has 1 aromatic rings. The van der Waals surface area contributed by atoms with Gasteiger partial charge in [-0.15, -0.1) is 0 Å². The Morgan fingerprint density at radius 1 is 1.25 bits per heavy atom. The third kappa shape index (κ3) is 3.04. The van der Waals surface area contributed by atoms with Gasteiger partial charge in [-0.25, -0.2) is 4.79 Å². The van der Waals surface area contributed by atoms with Gasteiger partial charge in [-0.2, -0.15) is 0 Å². The summed E-state index contributed by atoms with van der Waals surface area (Å²) in [7, 11) is 2.83. The van der Waals surface area contributed by atoms with E-state index < -0.39 is 12.1 Å². The molecule has 0 saturated carbocycles. The lowest BCUT2D eigenvalue weighted by molar-refractivity contribution is -0.150. The van der Waals surface area contributed by atoms with E-state index in [9.17, 15) is 9.90 Å². The van der Waals surface area contributed by atoms with Gasteiger partial charge in [0.1, 0.15) is 5.75 Å². The molecule has 1 aromatic carbocycles. The SMILES string of the molecule is COC(=O)C(O)c1cc(OC)ccc1N1CCCCC1. The number of esters is 1. The van der Waals surface area contributed by atoms with Gasteiger partial charge in [-0.3, -0.25) is 0 Å². The number of rotatable bonds is 4. The minimum atomic E-state index is -1.29. The van der Waals surface area contributed by atoms with E-state index in [1.165, 1.54) is 13.5 Å². The van der Waals surface area contributed by atoms with Crippen LogP contribution in [-0.4, -0.2) is 38.4 Å². The van der Waals surface area contributed by atoms with Crippen LogP contribution in [0.4, 0.5) is 5.69 Å². The number of methoxy groups -OCH3 is 2. The summed E-state index contributed by atoms with van der Waals surface area (Å²) in [5.41, 5.74) is 1.42. The first-order valence-corrected chi connectivity index (χ1v) is 6.86. The molecule has 1 fully saturated rings.